The number of carbonyl (C=O) groups is 1. The molecule has 0 heterocycles. The van der Waals surface area contributed by atoms with E-state index in [2.05, 4.69) is 0 Å². The Morgan fingerprint density at radius 2 is 1.87 bits per heavy atom. The third-order valence-corrected chi connectivity index (χ3v) is 2.34. The van der Waals surface area contributed by atoms with E-state index in [9.17, 15) is 4.79 Å². The third-order valence-electron chi connectivity index (χ3n) is 2.34. The Morgan fingerprint density at radius 1 is 1.33 bits per heavy atom. The quantitative estimate of drug-likeness (QED) is 0.606. The van der Waals surface area contributed by atoms with E-state index < -0.39 is 19.0 Å². The summed E-state index contributed by atoms with van der Waals surface area (Å²) in [4.78, 5) is 10.9. The van der Waals surface area contributed by atoms with E-state index in [1.807, 2.05) is 0 Å². The molecule has 1 aromatic carbocycles. The molecular formula is C10H13BO4. The van der Waals surface area contributed by atoms with Crippen LogP contribution in [0.2, 0.25) is 0 Å². The number of aliphatic carboxylic acids is 1. The fourth-order valence-corrected chi connectivity index (χ4v) is 1.45. The van der Waals surface area contributed by atoms with Crippen molar-refractivity contribution in [1.82, 2.24) is 0 Å². The molecule has 80 valence electrons. The number of carboxylic acids is 1. The summed E-state index contributed by atoms with van der Waals surface area (Å²) in [6, 6.07) is 6.26. The highest BCUT2D eigenvalue weighted by molar-refractivity contribution is 6.58. The molecule has 0 saturated heterocycles. The Hall–Kier alpha value is -1.33. The Balaban J connectivity index is 2.92. The molecule has 0 saturated carbocycles. The molecule has 0 fully saturated rings. The Labute approximate surface area is 88.3 Å². The highest BCUT2D eigenvalue weighted by Gasteiger charge is 2.18. The van der Waals surface area contributed by atoms with Crippen molar-refractivity contribution in [3.63, 3.8) is 0 Å². The molecule has 0 bridgehead atoms. The van der Waals surface area contributed by atoms with E-state index in [1.165, 1.54) is 12.1 Å². The van der Waals surface area contributed by atoms with Crippen LogP contribution in [0.25, 0.3) is 0 Å². The Bertz CT molecular complexity index is 334. The number of hydrogen-bond acceptors (Lipinski definition) is 3. The summed E-state index contributed by atoms with van der Waals surface area (Å²) in [5, 5.41) is 26.6. The van der Waals surface area contributed by atoms with Gasteiger partial charge in [-0.2, -0.15) is 0 Å². The first-order valence-corrected chi connectivity index (χ1v) is 4.75. The average Bonchev–Trinajstić information content (AvgIpc) is 2.19. The number of benzene rings is 1. The molecular weight excluding hydrogens is 195 g/mol. The molecule has 0 spiro atoms. The normalized spacial score (nSPS) is 12.2. The van der Waals surface area contributed by atoms with Gasteiger partial charge in [0.1, 0.15) is 0 Å². The molecule has 0 aliphatic carbocycles. The molecule has 0 radical (unpaired) electrons. The zero-order chi connectivity index (χ0) is 11.4. The topological polar surface area (TPSA) is 77.8 Å². The van der Waals surface area contributed by atoms with Crippen molar-refractivity contribution in [3.8, 4) is 0 Å². The summed E-state index contributed by atoms with van der Waals surface area (Å²) in [5.41, 5.74) is 1.04. The van der Waals surface area contributed by atoms with Gasteiger partial charge in [-0.25, -0.2) is 0 Å². The number of carboxylic acid groups (broad SMARTS) is 1. The SMILES string of the molecule is CCC(C(=O)O)c1ccc(B(O)O)cc1. The lowest BCUT2D eigenvalue weighted by Crippen LogP contribution is -2.29. The molecule has 3 N–H and O–H groups in total. The van der Waals surface area contributed by atoms with Crippen LogP contribution in [0.3, 0.4) is 0 Å². The molecule has 1 rings (SSSR count). The van der Waals surface area contributed by atoms with Crippen molar-refractivity contribution in [1.29, 1.82) is 0 Å². The standard InChI is InChI=1S/C10H13BO4/c1-2-9(10(12)13)7-3-5-8(6-4-7)11(14)15/h3-6,9,14-15H,2H2,1H3,(H,12,13). The fourth-order valence-electron chi connectivity index (χ4n) is 1.45. The van der Waals surface area contributed by atoms with Gasteiger partial charge in [-0.3, -0.25) is 4.79 Å². The lowest BCUT2D eigenvalue weighted by Gasteiger charge is -2.10. The Morgan fingerprint density at radius 3 is 2.20 bits per heavy atom. The zero-order valence-electron chi connectivity index (χ0n) is 8.42. The smallest absolute Gasteiger partial charge is 0.481 e. The minimum Gasteiger partial charge on any atom is -0.481 e. The highest BCUT2D eigenvalue weighted by Crippen LogP contribution is 2.18. The van der Waals surface area contributed by atoms with Crippen LogP contribution in [0.5, 0.6) is 0 Å². The van der Waals surface area contributed by atoms with Gasteiger partial charge < -0.3 is 15.2 Å². The van der Waals surface area contributed by atoms with Gasteiger partial charge in [-0.05, 0) is 17.4 Å². The van der Waals surface area contributed by atoms with Crippen LogP contribution in [0.15, 0.2) is 24.3 Å². The zero-order valence-corrected chi connectivity index (χ0v) is 8.42. The van der Waals surface area contributed by atoms with Crippen LogP contribution in [-0.2, 0) is 4.79 Å². The average molecular weight is 208 g/mol. The van der Waals surface area contributed by atoms with E-state index in [0.29, 0.717) is 17.4 Å². The van der Waals surface area contributed by atoms with Crippen LogP contribution in [0.1, 0.15) is 24.8 Å². The van der Waals surface area contributed by atoms with Crippen LogP contribution in [-0.4, -0.2) is 28.2 Å². The van der Waals surface area contributed by atoms with Crippen molar-refractivity contribution in [3.05, 3.63) is 29.8 Å². The van der Waals surface area contributed by atoms with E-state index >= 15 is 0 Å². The summed E-state index contributed by atoms with van der Waals surface area (Å²) in [5.74, 6) is -1.40. The summed E-state index contributed by atoms with van der Waals surface area (Å²) < 4.78 is 0. The summed E-state index contributed by atoms with van der Waals surface area (Å²) >= 11 is 0. The van der Waals surface area contributed by atoms with Crippen LogP contribution < -0.4 is 5.46 Å². The molecule has 5 heteroatoms. The number of hydrogen-bond donors (Lipinski definition) is 3. The van der Waals surface area contributed by atoms with E-state index in [1.54, 1.807) is 19.1 Å². The van der Waals surface area contributed by atoms with E-state index in [0.717, 1.165) is 0 Å². The van der Waals surface area contributed by atoms with Gasteiger partial charge in [-0.1, -0.05) is 31.2 Å². The van der Waals surface area contributed by atoms with Crippen LogP contribution in [0, 0.1) is 0 Å². The summed E-state index contributed by atoms with van der Waals surface area (Å²) in [6.45, 7) is 1.80. The molecule has 4 nitrogen and oxygen atoms in total. The lowest BCUT2D eigenvalue weighted by atomic mass is 9.79. The first-order valence-electron chi connectivity index (χ1n) is 4.75. The van der Waals surface area contributed by atoms with Crippen LogP contribution >= 0.6 is 0 Å². The second-order valence-electron chi connectivity index (χ2n) is 3.34. The predicted molar refractivity (Wildman–Crippen MR) is 56.9 cm³/mol. The molecule has 0 aliphatic heterocycles. The van der Waals surface area contributed by atoms with E-state index in [4.69, 9.17) is 15.2 Å². The molecule has 1 aromatic rings. The van der Waals surface area contributed by atoms with Crippen molar-refractivity contribution in [2.24, 2.45) is 0 Å². The van der Waals surface area contributed by atoms with Crippen molar-refractivity contribution in [2.75, 3.05) is 0 Å². The van der Waals surface area contributed by atoms with E-state index in [-0.39, 0.29) is 0 Å². The minimum absolute atomic E-state index is 0.360. The second kappa shape index (κ2) is 4.95. The second-order valence-corrected chi connectivity index (χ2v) is 3.34. The maximum absolute atomic E-state index is 10.9. The van der Waals surface area contributed by atoms with Crippen molar-refractivity contribution < 1.29 is 19.9 Å². The fraction of sp³-hybridized carbons (Fsp3) is 0.300. The lowest BCUT2D eigenvalue weighted by molar-refractivity contribution is -0.138. The van der Waals surface area contributed by atoms with Crippen molar-refractivity contribution >= 4 is 18.6 Å². The maximum atomic E-state index is 10.9. The molecule has 0 aromatic heterocycles. The predicted octanol–water partition coefficient (Wildman–Crippen LogP) is -0.0554. The van der Waals surface area contributed by atoms with Gasteiger partial charge in [0.15, 0.2) is 0 Å². The highest BCUT2D eigenvalue weighted by atomic mass is 16.4. The summed E-state index contributed by atoms with van der Waals surface area (Å²) in [7, 11) is -1.51. The summed E-state index contributed by atoms with van der Waals surface area (Å²) in [6.07, 6.45) is 0.510. The first-order chi connectivity index (χ1) is 7.06. The largest absolute Gasteiger partial charge is 0.488 e. The van der Waals surface area contributed by atoms with Gasteiger partial charge in [0.25, 0.3) is 0 Å². The Kier molecular flexibility index (Phi) is 3.88. The molecule has 1 unspecified atom stereocenters. The van der Waals surface area contributed by atoms with Crippen molar-refractivity contribution in [2.45, 2.75) is 19.3 Å². The molecule has 15 heavy (non-hydrogen) atoms. The molecule has 0 amide bonds. The number of rotatable bonds is 4. The minimum atomic E-state index is -1.51. The maximum Gasteiger partial charge on any atom is 0.488 e. The monoisotopic (exact) mass is 208 g/mol. The van der Waals surface area contributed by atoms with Gasteiger partial charge in [0.2, 0.25) is 0 Å². The van der Waals surface area contributed by atoms with Gasteiger partial charge >= 0.3 is 13.1 Å². The molecule has 1 atom stereocenters. The first kappa shape index (κ1) is 11.7. The van der Waals surface area contributed by atoms with Crippen LogP contribution in [0.4, 0.5) is 0 Å². The third kappa shape index (κ3) is 2.81. The van der Waals surface area contributed by atoms with Gasteiger partial charge in [-0.15, -0.1) is 0 Å². The van der Waals surface area contributed by atoms with Gasteiger partial charge in [0.05, 0.1) is 5.92 Å². The van der Waals surface area contributed by atoms with Gasteiger partial charge in [0, 0.05) is 0 Å². The molecule has 0 aliphatic rings.